The van der Waals surface area contributed by atoms with Gasteiger partial charge in [0.25, 0.3) is 0 Å². The van der Waals surface area contributed by atoms with Crippen molar-refractivity contribution in [3.63, 3.8) is 0 Å². The van der Waals surface area contributed by atoms with Crippen molar-refractivity contribution < 1.29 is 0 Å². The minimum Gasteiger partial charge on any atom is -0.198 e. The van der Waals surface area contributed by atoms with E-state index in [0.717, 1.165) is 19.3 Å². The van der Waals surface area contributed by atoms with Crippen LogP contribution in [0.5, 0.6) is 0 Å². The molecule has 0 amide bonds. The van der Waals surface area contributed by atoms with E-state index in [2.05, 4.69) is 68.4 Å². The van der Waals surface area contributed by atoms with E-state index >= 15 is 0 Å². The van der Waals surface area contributed by atoms with Crippen molar-refractivity contribution in [2.75, 3.05) is 0 Å². The van der Waals surface area contributed by atoms with Gasteiger partial charge in [-0.3, -0.25) is 0 Å². The van der Waals surface area contributed by atoms with Crippen LogP contribution < -0.4 is 0 Å². The molecule has 0 aliphatic heterocycles. The number of nitrogens with zero attached hydrogens (tertiary/aromatic N) is 1. The van der Waals surface area contributed by atoms with Gasteiger partial charge in [-0.05, 0) is 66.2 Å². The summed E-state index contributed by atoms with van der Waals surface area (Å²) in [7, 11) is 0. The topological polar surface area (TPSA) is 23.8 Å². The molecular formula is C27H35N. The molecule has 1 fully saturated rings. The van der Waals surface area contributed by atoms with Crippen molar-refractivity contribution >= 4 is 0 Å². The minimum atomic E-state index is 0.263. The highest BCUT2D eigenvalue weighted by molar-refractivity contribution is 5.64. The Morgan fingerprint density at radius 1 is 0.857 bits per heavy atom. The zero-order valence-corrected chi connectivity index (χ0v) is 17.7. The van der Waals surface area contributed by atoms with E-state index in [1.54, 1.807) is 0 Å². The third-order valence-electron chi connectivity index (χ3n) is 6.66. The van der Waals surface area contributed by atoms with Crippen molar-refractivity contribution in [3.8, 4) is 17.2 Å². The highest BCUT2D eigenvalue weighted by Gasteiger charge is 2.30. The van der Waals surface area contributed by atoms with Gasteiger partial charge in [0, 0.05) is 5.92 Å². The number of aryl methyl sites for hydroxylation is 2. The molecule has 0 saturated heterocycles. The van der Waals surface area contributed by atoms with E-state index in [1.807, 2.05) is 0 Å². The number of rotatable bonds is 8. The van der Waals surface area contributed by atoms with Gasteiger partial charge in [0.1, 0.15) is 0 Å². The van der Waals surface area contributed by atoms with Gasteiger partial charge in [-0.1, -0.05) is 88.1 Å². The Morgan fingerprint density at radius 3 is 2.04 bits per heavy atom. The van der Waals surface area contributed by atoms with Crippen molar-refractivity contribution in [3.05, 3.63) is 59.7 Å². The zero-order valence-electron chi connectivity index (χ0n) is 17.7. The fourth-order valence-electron chi connectivity index (χ4n) is 4.77. The van der Waals surface area contributed by atoms with Gasteiger partial charge in [0.2, 0.25) is 0 Å². The number of unbranched alkanes of at least 4 members (excludes halogenated alkanes) is 2. The lowest BCUT2D eigenvalue weighted by Crippen LogP contribution is -2.26. The average molecular weight is 374 g/mol. The molecule has 28 heavy (non-hydrogen) atoms. The van der Waals surface area contributed by atoms with Crippen LogP contribution in [0.1, 0.15) is 69.9 Å². The number of nitriles is 1. The van der Waals surface area contributed by atoms with Crippen LogP contribution in [0, 0.1) is 29.1 Å². The Bertz CT molecular complexity index is 750. The lowest BCUT2D eigenvalue weighted by Gasteiger charge is -2.32. The predicted molar refractivity (Wildman–Crippen MR) is 119 cm³/mol. The van der Waals surface area contributed by atoms with Gasteiger partial charge in [0.05, 0.1) is 6.07 Å². The third kappa shape index (κ3) is 5.48. The summed E-state index contributed by atoms with van der Waals surface area (Å²) in [6.07, 6.45) is 10.9. The molecule has 1 aliphatic carbocycles. The van der Waals surface area contributed by atoms with Crippen LogP contribution in [0.15, 0.2) is 48.5 Å². The molecule has 0 radical (unpaired) electrons. The van der Waals surface area contributed by atoms with Crippen LogP contribution in [0.3, 0.4) is 0 Å². The summed E-state index contributed by atoms with van der Waals surface area (Å²) in [5.74, 6) is 1.52. The van der Waals surface area contributed by atoms with Crippen LogP contribution >= 0.6 is 0 Å². The lowest BCUT2D eigenvalue weighted by molar-refractivity contribution is 0.193. The standard InChI is InChI=1S/C27H35N/c1-3-4-5-8-22-10-15-24(16-11-22)25-17-12-23(13-18-25)14-19-27-21(2)7-6-9-26(27)20-28/h10-13,15-18,21,26-27H,3-9,14,19H2,1-2H3. The summed E-state index contributed by atoms with van der Waals surface area (Å²) in [6.45, 7) is 4.59. The molecule has 3 rings (SSSR count). The molecule has 1 nitrogen and oxygen atoms in total. The van der Waals surface area contributed by atoms with E-state index < -0.39 is 0 Å². The molecule has 3 atom stereocenters. The second kappa shape index (κ2) is 10.5. The van der Waals surface area contributed by atoms with E-state index in [1.165, 1.54) is 60.8 Å². The smallest absolute Gasteiger partial charge is 0.0658 e. The number of benzene rings is 2. The van der Waals surface area contributed by atoms with Crippen LogP contribution in [0.2, 0.25) is 0 Å². The zero-order chi connectivity index (χ0) is 19.8. The van der Waals surface area contributed by atoms with Crippen molar-refractivity contribution in [1.29, 1.82) is 5.26 Å². The molecule has 1 heteroatoms. The van der Waals surface area contributed by atoms with Crippen LogP contribution in [0.4, 0.5) is 0 Å². The van der Waals surface area contributed by atoms with Gasteiger partial charge in [-0.2, -0.15) is 5.26 Å². The molecule has 0 N–H and O–H groups in total. The van der Waals surface area contributed by atoms with E-state index in [0.29, 0.717) is 11.8 Å². The van der Waals surface area contributed by atoms with E-state index in [4.69, 9.17) is 0 Å². The number of hydrogen-bond donors (Lipinski definition) is 0. The van der Waals surface area contributed by atoms with Gasteiger partial charge in [-0.15, -0.1) is 0 Å². The van der Waals surface area contributed by atoms with Gasteiger partial charge in [0.15, 0.2) is 0 Å². The molecule has 1 aliphatic rings. The van der Waals surface area contributed by atoms with Gasteiger partial charge >= 0.3 is 0 Å². The molecule has 0 heterocycles. The lowest BCUT2D eigenvalue weighted by atomic mass is 9.71. The second-order valence-electron chi connectivity index (χ2n) is 8.70. The molecule has 0 bridgehead atoms. The Balaban J connectivity index is 1.56. The van der Waals surface area contributed by atoms with Crippen LogP contribution in [-0.2, 0) is 12.8 Å². The first-order valence-electron chi connectivity index (χ1n) is 11.3. The first-order chi connectivity index (χ1) is 13.7. The molecule has 0 aromatic heterocycles. The summed E-state index contributed by atoms with van der Waals surface area (Å²) in [6, 6.07) is 20.7. The Labute approximate surface area is 171 Å². The minimum absolute atomic E-state index is 0.263. The molecule has 2 aromatic carbocycles. The SMILES string of the molecule is CCCCCc1ccc(-c2ccc(CCC3C(C)CCCC3C#N)cc2)cc1. The normalized spacial score (nSPS) is 22.0. The molecule has 2 aromatic rings. The molecular weight excluding hydrogens is 338 g/mol. The van der Waals surface area contributed by atoms with E-state index in [-0.39, 0.29) is 5.92 Å². The fourth-order valence-corrected chi connectivity index (χ4v) is 4.77. The molecule has 0 spiro atoms. The van der Waals surface area contributed by atoms with E-state index in [9.17, 15) is 5.26 Å². The average Bonchev–Trinajstić information content (AvgIpc) is 2.74. The summed E-state index contributed by atoms with van der Waals surface area (Å²) in [4.78, 5) is 0. The first kappa shape index (κ1) is 20.7. The second-order valence-corrected chi connectivity index (χ2v) is 8.70. The van der Waals surface area contributed by atoms with Crippen molar-refractivity contribution in [2.24, 2.45) is 17.8 Å². The highest BCUT2D eigenvalue weighted by Crippen LogP contribution is 2.37. The van der Waals surface area contributed by atoms with Crippen molar-refractivity contribution in [1.82, 2.24) is 0 Å². The maximum Gasteiger partial charge on any atom is 0.0658 e. The van der Waals surface area contributed by atoms with Gasteiger partial charge < -0.3 is 0 Å². The quantitative estimate of drug-likeness (QED) is 0.437. The molecule has 3 unspecified atom stereocenters. The summed E-state index contributed by atoms with van der Waals surface area (Å²) in [5.41, 5.74) is 5.44. The Hall–Kier alpha value is -2.07. The predicted octanol–water partition coefficient (Wildman–Crippen LogP) is 7.59. The van der Waals surface area contributed by atoms with Crippen LogP contribution in [0.25, 0.3) is 11.1 Å². The molecule has 1 saturated carbocycles. The van der Waals surface area contributed by atoms with Crippen LogP contribution in [-0.4, -0.2) is 0 Å². The number of hydrogen-bond acceptors (Lipinski definition) is 1. The summed E-state index contributed by atoms with van der Waals surface area (Å²) >= 11 is 0. The van der Waals surface area contributed by atoms with Crippen molar-refractivity contribution in [2.45, 2.75) is 71.6 Å². The third-order valence-corrected chi connectivity index (χ3v) is 6.66. The summed E-state index contributed by atoms with van der Waals surface area (Å²) in [5, 5.41) is 9.47. The maximum atomic E-state index is 9.47. The molecule has 148 valence electrons. The first-order valence-corrected chi connectivity index (χ1v) is 11.3. The highest BCUT2D eigenvalue weighted by atomic mass is 14.4. The maximum absolute atomic E-state index is 9.47. The monoisotopic (exact) mass is 373 g/mol. The van der Waals surface area contributed by atoms with Gasteiger partial charge in [-0.25, -0.2) is 0 Å². The summed E-state index contributed by atoms with van der Waals surface area (Å²) < 4.78 is 0. The fraction of sp³-hybridized carbons (Fsp3) is 0.519. The Morgan fingerprint density at radius 2 is 1.46 bits per heavy atom. The largest absolute Gasteiger partial charge is 0.198 e. The Kier molecular flexibility index (Phi) is 7.72.